The summed E-state index contributed by atoms with van der Waals surface area (Å²) < 4.78 is 5.40. The predicted octanol–water partition coefficient (Wildman–Crippen LogP) is 3.30. The lowest BCUT2D eigenvalue weighted by molar-refractivity contribution is -0.127. The Bertz CT molecular complexity index is 710. The summed E-state index contributed by atoms with van der Waals surface area (Å²) in [5.74, 6) is -0.0428. The molecule has 5 heteroatoms. The van der Waals surface area contributed by atoms with E-state index in [2.05, 4.69) is 12.1 Å². The van der Waals surface area contributed by atoms with Crippen LogP contribution in [0.3, 0.4) is 0 Å². The fraction of sp³-hybridized carbons (Fsp3) is 0.368. The van der Waals surface area contributed by atoms with Gasteiger partial charge in [0.05, 0.1) is 12.2 Å². The maximum Gasteiger partial charge on any atom is 0.339 e. The predicted molar refractivity (Wildman–Crippen MR) is 94.2 cm³/mol. The first-order valence-electron chi connectivity index (χ1n) is 8.15. The Labute approximate surface area is 146 Å². The lowest BCUT2D eigenvalue weighted by Crippen LogP contribution is -2.28. The minimum absolute atomic E-state index is 0.0937. The number of rotatable bonds is 6. The second-order valence-electron chi connectivity index (χ2n) is 6.21. The van der Waals surface area contributed by atoms with Crippen molar-refractivity contribution in [2.24, 2.45) is 5.92 Å². The smallest absolute Gasteiger partial charge is 0.339 e. The molecule has 0 saturated carbocycles. The van der Waals surface area contributed by atoms with E-state index in [-0.39, 0.29) is 17.8 Å². The summed E-state index contributed by atoms with van der Waals surface area (Å²) in [6.07, 6.45) is 1.32. The second kappa shape index (κ2) is 7.62. The molecule has 4 nitrogen and oxygen atoms in total. The zero-order valence-corrected chi connectivity index (χ0v) is 14.6. The number of ether oxygens (including phenoxy) is 1. The van der Waals surface area contributed by atoms with Crippen LogP contribution in [0.1, 0.15) is 27.9 Å². The number of benzene rings is 1. The topological polar surface area (TPSA) is 46.6 Å². The molecule has 126 valence electrons. The maximum atomic E-state index is 12.1. The number of likely N-dealkylation sites (tertiary alicyclic amines) is 1. The van der Waals surface area contributed by atoms with E-state index in [1.165, 1.54) is 16.9 Å². The number of aryl methyl sites for hydroxylation is 1. The summed E-state index contributed by atoms with van der Waals surface area (Å²) >= 11 is 1.49. The second-order valence-corrected chi connectivity index (χ2v) is 6.96. The SMILES string of the molecule is Cc1cscc1C(=O)OC[C@H]1CC(=O)N(CCc2ccccc2)C1. The average Bonchev–Trinajstić information content (AvgIpc) is 3.17. The van der Waals surface area contributed by atoms with Crippen LogP contribution in [-0.2, 0) is 16.0 Å². The van der Waals surface area contributed by atoms with E-state index < -0.39 is 0 Å². The quantitative estimate of drug-likeness (QED) is 0.756. The molecule has 1 aliphatic heterocycles. The van der Waals surface area contributed by atoms with Crippen molar-refractivity contribution in [2.75, 3.05) is 19.7 Å². The Morgan fingerprint density at radius 2 is 2.08 bits per heavy atom. The van der Waals surface area contributed by atoms with Crippen LogP contribution >= 0.6 is 11.3 Å². The number of amides is 1. The van der Waals surface area contributed by atoms with Gasteiger partial charge in [-0.2, -0.15) is 11.3 Å². The number of carbonyl (C=O) groups excluding carboxylic acids is 2. The van der Waals surface area contributed by atoms with Gasteiger partial charge < -0.3 is 9.64 Å². The molecule has 1 aliphatic rings. The largest absolute Gasteiger partial charge is 0.462 e. The molecule has 1 atom stereocenters. The fourth-order valence-corrected chi connectivity index (χ4v) is 3.75. The number of nitrogens with zero attached hydrogens (tertiary/aromatic N) is 1. The maximum absolute atomic E-state index is 12.1. The first kappa shape index (κ1) is 16.7. The number of carbonyl (C=O) groups is 2. The van der Waals surface area contributed by atoms with Crippen molar-refractivity contribution in [1.29, 1.82) is 0 Å². The van der Waals surface area contributed by atoms with Gasteiger partial charge in [0.25, 0.3) is 0 Å². The van der Waals surface area contributed by atoms with E-state index in [9.17, 15) is 9.59 Å². The molecule has 1 saturated heterocycles. The molecule has 1 aromatic carbocycles. The zero-order valence-electron chi connectivity index (χ0n) is 13.7. The molecular formula is C19H21NO3S. The van der Waals surface area contributed by atoms with Gasteiger partial charge in [-0.05, 0) is 29.9 Å². The Balaban J connectivity index is 1.46. The van der Waals surface area contributed by atoms with Crippen molar-refractivity contribution in [2.45, 2.75) is 19.8 Å². The van der Waals surface area contributed by atoms with Gasteiger partial charge in [0.15, 0.2) is 0 Å². The Hall–Kier alpha value is -2.14. The molecule has 0 spiro atoms. The minimum atomic E-state index is -0.288. The molecule has 24 heavy (non-hydrogen) atoms. The van der Waals surface area contributed by atoms with Crippen molar-refractivity contribution in [3.8, 4) is 0 Å². The lowest BCUT2D eigenvalue weighted by Gasteiger charge is -2.16. The zero-order chi connectivity index (χ0) is 16.9. The van der Waals surface area contributed by atoms with Crippen molar-refractivity contribution < 1.29 is 14.3 Å². The van der Waals surface area contributed by atoms with E-state index in [1.54, 1.807) is 0 Å². The summed E-state index contributed by atoms with van der Waals surface area (Å²) in [6.45, 7) is 3.59. The normalized spacial score (nSPS) is 17.3. The van der Waals surface area contributed by atoms with Crippen molar-refractivity contribution >= 4 is 23.2 Å². The van der Waals surface area contributed by atoms with Gasteiger partial charge in [0.1, 0.15) is 0 Å². The average molecular weight is 343 g/mol. The highest BCUT2D eigenvalue weighted by Gasteiger charge is 2.30. The van der Waals surface area contributed by atoms with Crippen LogP contribution in [0, 0.1) is 12.8 Å². The minimum Gasteiger partial charge on any atom is -0.462 e. The Morgan fingerprint density at radius 3 is 2.79 bits per heavy atom. The molecule has 0 bridgehead atoms. The van der Waals surface area contributed by atoms with Gasteiger partial charge in [0.2, 0.25) is 5.91 Å². The van der Waals surface area contributed by atoms with Gasteiger partial charge in [-0.15, -0.1) is 0 Å². The molecule has 1 fully saturated rings. The van der Waals surface area contributed by atoms with E-state index >= 15 is 0 Å². The standard InChI is InChI=1S/C19H21NO3S/c1-14-12-24-13-17(14)19(22)23-11-16-9-18(21)20(10-16)8-7-15-5-3-2-4-6-15/h2-6,12-13,16H,7-11H2,1H3/t16-/m0/s1. The first-order valence-corrected chi connectivity index (χ1v) is 9.09. The summed E-state index contributed by atoms with van der Waals surface area (Å²) in [4.78, 5) is 26.0. The molecule has 3 rings (SSSR count). The number of hydrogen-bond donors (Lipinski definition) is 0. The van der Waals surface area contributed by atoms with Crippen LogP contribution in [-0.4, -0.2) is 36.5 Å². The Morgan fingerprint density at radius 1 is 1.29 bits per heavy atom. The first-order chi connectivity index (χ1) is 11.6. The molecule has 0 N–H and O–H groups in total. The van der Waals surface area contributed by atoms with Crippen molar-refractivity contribution in [3.05, 3.63) is 57.8 Å². The number of esters is 1. The van der Waals surface area contributed by atoms with E-state index in [1.807, 2.05) is 40.8 Å². The Kier molecular flexibility index (Phi) is 5.30. The van der Waals surface area contributed by atoms with Crippen LogP contribution in [0.5, 0.6) is 0 Å². The van der Waals surface area contributed by atoms with Crippen LogP contribution in [0.25, 0.3) is 0 Å². The summed E-state index contributed by atoms with van der Waals surface area (Å²) in [7, 11) is 0. The van der Waals surface area contributed by atoms with Crippen LogP contribution in [0.2, 0.25) is 0 Å². The van der Waals surface area contributed by atoms with Crippen LogP contribution in [0.15, 0.2) is 41.1 Å². The van der Waals surface area contributed by atoms with Crippen LogP contribution < -0.4 is 0 Å². The number of hydrogen-bond acceptors (Lipinski definition) is 4. The van der Waals surface area contributed by atoms with Gasteiger partial charge in [-0.25, -0.2) is 4.79 Å². The van der Waals surface area contributed by atoms with Gasteiger partial charge in [-0.3, -0.25) is 4.79 Å². The number of thiophene rings is 1. The summed E-state index contributed by atoms with van der Waals surface area (Å²) in [5, 5.41) is 3.74. The molecule has 1 aromatic heterocycles. The van der Waals surface area contributed by atoms with Gasteiger partial charge in [-0.1, -0.05) is 30.3 Å². The molecule has 1 amide bonds. The summed E-state index contributed by atoms with van der Waals surface area (Å²) in [6, 6.07) is 10.2. The van der Waals surface area contributed by atoms with Crippen molar-refractivity contribution in [3.63, 3.8) is 0 Å². The van der Waals surface area contributed by atoms with E-state index in [0.717, 1.165) is 18.5 Å². The molecule has 2 heterocycles. The third-order valence-corrected chi connectivity index (χ3v) is 5.19. The highest BCUT2D eigenvalue weighted by molar-refractivity contribution is 7.08. The monoisotopic (exact) mass is 343 g/mol. The highest BCUT2D eigenvalue weighted by atomic mass is 32.1. The molecule has 0 radical (unpaired) electrons. The molecular weight excluding hydrogens is 322 g/mol. The highest BCUT2D eigenvalue weighted by Crippen LogP contribution is 2.20. The van der Waals surface area contributed by atoms with E-state index in [4.69, 9.17) is 4.74 Å². The third kappa shape index (κ3) is 4.03. The van der Waals surface area contributed by atoms with Crippen molar-refractivity contribution in [1.82, 2.24) is 4.90 Å². The lowest BCUT2D eigenvalue weighted by atomic mass is 10.1. The van der Waals surface area contributed by atoms with E-state index in [0.29, 0.717) is 25.1 Å². The molecule has 0 aliphatic carbocycles. The van der Waals surface area contributed by atoms with Crippen LogP contribution in [0.4, 0.5) is 0 Å². The third-order valence-electron chi connectivity index (χ3n) is 4.33. The summed E-state index contributed by atoms with van der Waals surface area (Å²) in [5.41, 5.74) is 2.80. The molecule has 2 aromatic rings. The van der Waals surface area contributed by atoms with Gasteiger partial charge in [0, 0.05) is 30.8 Å². The fourth-order valence-electron chi connectivity index (χ4n) is 2.93. The molecule has 0 unspecified atom stereocenters. The van der Waals surface area contributed by atoms with Gasteiger partial charge >= 0.3 is 5.97 Å².